The third-order valence-electron chi connectivity index (χ3n) is 4.31. The number of methoxy groups -OCH3 is 1. The van der Waals surface area contributed by atoms with Gasteiger partial charge in [-0.1, -0.05) is 19.1 Å². The second-order valence-corrected chi connectivity index (χ2v) is 6.32. The summed E-state index contributed by atoms with van der Waals surface area (Å²) in [5.41, 5.74) is 0.657. The van der Waals surface area contributed by atoms with E-state index in [1.165, 1.54) is 21.0 Å². The summed E-state index contributed by atoms with van der Waals surface area (Å²) in [6.07, 6.45) is -4.33. The van der Waals surface area contributed by atoms with Crippen molar-refractivity contribution in [3.05, 3.63) is 24.3 Å². The zero-order chi connectivity index (χ0) is 20.8. The van der Waals surface area contributed by atoms with Crippen molar-refractivity contribution < 1.29 is 38.1 Å². The molecule has 0 unspecified atom stereocenters. The van der Waals surface area contributed by atoms with E-state index in [9.17, 15) is 14.4 Å². The first-order chi connectivity index (χ1) is 13.3. The van der Waals surface area contributed by atoms with E-state index in [2.05, 4.69) is 5.32 Å². The smallest absolute Gasteiger partial charge is 0.335 e. The topological polar surface area (TPSA) is 109 Å². The molecule has 9 nitrogen and oxygen atoms in total. The van der Waals surface area contributed by atoms with Crippen LogP contribution in [0.15, 0.2) is 24.3 Å². The largest absolute Gasteiger partial charge is 0.467 e. The fraction of sp³-hybridized carbons (Fsp3) is 0.526. The highest BCUT2D eigenvalue weighted by Gasteiger charge is 2.52. The normalized spacial score (nSPS) is 26.7. The monoisotopic (exact) mass is 395 g/mol. The van der Waals surface area contributed by atoms with E-state index in [1.54, 1.807) is 32.2 Å². The van der Waals surface area contributed by atoms with Gasteiger partial charge in [0, 0.05) is 26.8 Å². The maximum absolute atomic E-state index is 12.2. The Kier molecular flexibility index (Phi) is 7.22. The van der Waals surface area contributed by atoms with E-state index in [4.69, 9.17) is 23.7 Å². The summed E-state index contributed by atoms with van der Waals surface area (Å²) in [6.45, 7) is 4.09. The SMILES string of the molecule is CNc1ccccc1O[C@@H]1O[C@H](C(=O)OC)[C@@H](C)[C@H](OC(C)=O)[C@H]1OC(C)=O. The number of carbonyl (C=O) groups is 3. The molecule has 0 aromatic heterocycles. The number of hydrogen-bond acceptors (Lipinski definition) is 9. The number of carbonyl (C=O) groups excluding carboxylic acids is 3. The van der Waals surface area contributed by atoms with Gasteiger partial charge in [-0.2, -0.15) is 0 Å². The highest BCUT2D eigenvalue weighted by molar-refractivity contribution is 5.75. The molecule has 0 aliphatic carbocycles. The molecule has 1 fully saturated rings. The first-order valence-corrected chi connectivity index (χ1v) is 8.79. The molecule has 9 heteroatoms. The Balaban J connectivity index is 2.42. The van der Waals surface area contributed by atoms with Crippen molar-refractivity contribution in [2.75, 3.05) is 19.5 Å². The van der Waals surface area contributed by atoms with Gasteiger partial charge in [0.1, 0.15) is 5.75 Å². The van der Waals surface area contributed by atoms with Gasteiger partial charge < -0.3 is 29.0 Å². The van der Waals surface area contributed by atoms with Gasteiger partial charge in [0.2, 0.25) is 12.4 Å². The van der Waals surface area contributed by atoms with Crippen molar-refractivity contribution in [3.8, 4) is 5.75 Å². The second kappa shape index (κ2) is 9.41. The van der Waals surface area contributed by atoms with E-state index in [0.29, 0.717) is 11.4 Å². The van der Waals surface area contributed by atoms with Crippen LogP contribution in [0.3, 0.4) is 0 Å². The van der Waals surface area contributed by atoms with Crippen molar-refractivity contribution in [2.24, 2.45) is 5.92 Å². The molecule has 1 aliphatic heterocycles. The maximum Gasteiger partial charge on any atom is 0.335 e. The number of esters is 3. The van der Waals surface area contributed by atoms with Crippen LogP contribution in [0.25, 0.3) is 0 Å². The summed E-state index contributed by atoms with van der Waals surface area (Å²) in [6, 6.07) is 7.03. The lowest BCUT2D eigenvalue weighted by Gasteiger charge is -2.42. The zero-order valence-corrected chi connectivity index (χ0v) is 16.5. The molecular weight excluding hydrogens is 370 g/mol. The highest BCUT2D eigenvalue weighted by atomic mass is 16.7. The van der Waals surface area contributed by atoms with Crippen molar-refractivity contribution in [1.29, 1.82) is 0 Å². The highest BCUT2D eigenvalue weighted by Crippen LogP contribution is 2.34. The van der Waals surface area contributed by atoms with Gasteiger partial charge in [0.25, 0.3) is 0 Å². The number of nitrogens with one attached hydrogen (secondary N) is 1. The lowest BCUT2D eigenvalue weighted by molar-refractivity contribution is -0.266. The number of anilines is 1. The summed E-state index contributed by atoms with van der Waals surface area (Å²) in [5, 5.41) is 2.97. The Hall–Kier alpha value is -2.81. The lowest BCUT2D eigenvalue weighted by atomic mass is 9.90. The number of para-hydroxylation sites is 2. The summed E-state index contributed by atoms with van der Waals surface area (Å²) in [4.78, 5) is 35.5. The minimum absolute atomic E-state index is 0.409. The van der Waals surface area contributed by atoms with Crippen LogP contribution >= 0.6 is 0 Å². The van der Waals surface area contributed by atoms with Crippen LogP contribution in [0.1, 0.15) is 20.8 Å². The average Bonchev–Trinajstić information content (AvgIpc) is 2.65. The molecule has 0 amide bonds. The second-order valence-electron chi connectivity index (χ2n) is 6.32. The Morgan fingerprint density at radius 3 is 2.21 bits per heavy atom. The van der Waals surface area contributed by atoms with Crippen LogP contribution in [-0.2, 0) is 33.3 Å². The molecule has 2 rings (SSSR count). The number of rotatable bonds is 6. The Labute approximate surface area is 163 Å². The first-order valence-electron chi connectivity index (χ1n) is 8.79. The molecule has 0 saturated carbocycles. The number of hydrogen-bond donors (Lipinski definition) is 1. The molecule has 0 bridgehead atoms. The summed E-state index contributed by atoms with van der Waals surface area (Å²) < 4.78 is 27.2. The molecule has 1 aromatic rings. The predicted molar refractivity (Wildman–Crippen MR) is 97.6 cm³/mol. The van der Waals surface area contributed by atoms with E-state index in [1.807, 2.05) is 6.07 Å². The molecule has 0 radical (unpaired) electrons. The Morgan fingerprint density at radius 1 is 1.04 bits per heavy atom. The zero-order valence-electron chi connectivity index (χ0n) is 16.5. The molecule has 0 spiro atoms. The minimum atomic E-state index is -1.21. The third kappa shape index (κ3) is 4.92. The molecule has 5 atom stereocenters. The summed E-state index contributed by atoms with van der Waals surface area (Å²) >= 11 is 0. The van der Waals surface area contributed by atoms with Gasteiger partial charge >= 0.3 is 17.9 Å². The van der Waals surface area contributed by atoms with Crippen LogP contribution in [0, 0.1) is 5.92 Å². The van der Waals surface area contributed by atoms with Crippen LogP contribution in [0.5, 0.6) is 5.75 Å². The van der Waals surface area contributed by atoms with Crippen molar-refractivity contribution in [2.45, 2.75) is 45.4 Å². The molecular formula is C19H25NO8. The van der Waals surface area contributed by atoms with E-state index in [-0.39, 0.29) is 0 Å². The molecule has 1 saturated heterocycles. The molecule has 154 valence electrons. The van der Waals surface area contributed by atoms with Crippen molar-refractivity contribution in [3.63, 3.8) is 0 Å². The average molecular weight is 395 g/mol. The number of benzene rings is 1. The van der Waals surface area contributed by atoms with Crippen LogP contribution in [0.2, 0.25) is 0 Å². The van der Waals surface area contributed by atoms with Crippen molar-refractivity contribution >= 4 is 23.6 Å². The fourth-order valence-electron chi connectivity index (χ4n) is 3.03. The summed E-state index contributed by atoms with van der Waals surface area (Å²) in [7, 11) is 2.94. The summed E-state index contributed by atoms with van der Waals surface area (Å²) in [5.74, 6) is -2.08. The van der Waals surface area contributed by atoms with Gasteiger partial charge in [-0.15, -0.1) is 0 Å². The van der Waals surface area contributed by atoms with E-state index >= 15 is 0 Å². The third-order valence-corrected chi connectivity index (χ3v) is 4.31. The van der Waals surface area contributed by atoms with Gasteiger partial charge in [-0.05, 0) is 12.1 Å². The molecule has 1 aromatic carbocycles. The van der Waals surface area contributed by atoms with Crippen molar-refractivity contribution in [1.82, 2.24) is 0 Å². The van der Waals surface area contributed by atoms with E-state index in [0.717, 1.165) is 0 Å². The quantitative estimate of drug-likeness (QED) is 0.566. The Morgan fingerprint density at radius 2 is 1.64 bits per heavy atom. The molecule has 1 aliphatic rings. The molecule has 1 N–H and O–H groups in total. The maximum atomic E-state index is 12.2. The standard InChI is InChI=1S/C19H25NO8/c1-10-15(25-11(2)21)17(26-12(3)22)19(28-16(10)18(23)24-5)27-14-9-7-6-8-13(14)20-4/h6-10,15-17,19-20H,1-5H3/t10-,15-,16-,17+,19+/m0/s1. The van der Waals surface area contributed by atoms with Gasteiger partial charge in [0.15, 0.2) is 12.2 Å². The van der Waals surface area contributed by atoms with Gasteiger partial charge in [0.05, 0.1) is 12.8 Å². The Bertz CT molecular complexity index is 722. The first kappa shape index (κ1) is 21.5. The van der Waals surface area contributed by atoms with Gasteiger partial charge in [-0.3, -0.25) is 9.59 Å². The van der Waals surface area contributed by atoms with Gasteiger partial charge in [-0.25, -0.2) is 4.79 Å². The van der Waals surface area contributed by atoms with E-state index < -0.39 is 48.4 Å². The van der Waals surface area contributed by atoms with Crippen LogP contribution < -0.4 is 10.1 Å². The fourth-order valence-corrected chi connectivity index (χ4v) is 3.03. The minimum Gasteiger partial charge on any atom is -0.467 e. The molecule has 28 heavy (non-hydrogen) atoms. The lowest BCUT2D eigenvalue weighted by Crippen LogP contribution is -2.60. The number of ether oxygens (including phenoxy) is 5. The predicted octanol–water partition coefficient (Wildman–Crippen LogP) is 1.50. The molecule has 1 heterocycles. The van der Waals surface area contributed by atoms with Crippen LogP contribution in [0.4, 0.5) is 5.69 Å². The van der Waals surface area contributed by atoms with Crippen LogP contribution in [-0.4, -0.2) is 56.7 Å².